The van der Waals surface area contributed by atoms with Crippen molar-refractivity contribution in [2.24, 2.45) is 0 Å². The molecule has 0 saturated carbocycles. The van der Waals surface area contributed by atoms with Crippen molar-refractivity contribution in [1.82, 2.24) is 15.2 Å². The summed E-state index contributed by atoms with van der Waals surface area (Å²) >= 11 is 0. The Bertz CT molecular complexity index is 666. The molecule has 1 aromatic heterocycles. The lowest BCUT2D eigenvalue weighted by molar-refractivity contribution is 0.0923. The topological polar surface area (TPSA) is 45.2 Å². The fraction of sp³-hybridized carbons (Fsp3) is 0.400. The minimum atomic E-state index is -0.0430. The van der Waals surface area contributed by atoms with Gasteiger partial charge >= 0.3 is 0 Å². The van der Waals surface area contributed by atoms with E-state index in [0.29, 0.717) is 12.1 Å². The van der Waals surface area contributed by atoms with Gasteiger partial charge in [0.25, 0.3) is 5.91 Å². The zero-order valence-electron chi connectivity index (χ0n) is 14.2. The van der Waals surface area contributed by atoms with E-state index >= 15 is 0 Å². The van der Waals surface area contributed by atoms with Crippen molar-refractivity contribution in [3.63, 3.8) is 0 Å². The molecular formula is C20H25N3O. The van der Waals surface area contributed by atoms with Crippen molar-refractivity contribution in [2.45, 2.75) is 32.2 Å². The van der Waals surface area contributed by atoms with E-state index in [2.05, 4.69) is 39.5 Å². The Kier molecular flexibility index (Phi) is 5.59. The zero-order chi connectivity index (χ0) is 16.8. The molecule has 3 rings (SSSR count). The number of nitrogens with zero attached hydrogens (tertiary/aromatic N) is 2. The number of rotatable bonds is 5. The fourth-order valence-corrected chi connectivity index (χ4v) is 3.37. The number of carbonyl (C=O) groups is 1. The number of benzene rings is 1. The highest BCUT2D eigenvalue weighted by molar-refractivity contribution is 5.95. The lowest BCUT2D eigenvalue weighted by Gasteiger charge is -2.35. The van der Waals surface area contributed by atoms with E-state index < -0.39 is 0 Å². The monoisotopic (exact) mass is 323 g/mol. The quantitative estimate of drug-likeness (QED) is 0.918. The average Bonchev–Trinajstić information content (AvgIpc) is 2.64. The van der Waals surface area contributed by atoms with Gasteiger partial charge in [-0.25, -0.2) is 0 Å². The van der Waals surface area contributed by atoms with E-state index in [1.807, 2.05) is 19.1 Å². The second-order valence-corrected chi connectivity index (χ2v) is 6.37. The predicted molar refractivity (Wildman–Crippen MR) is 95.9 cm³/mol. The Hall–Kier alpha value is -2.20. The summed E-state index contributed by atoms with van der Waals surface area (Å²) < 4.78 is 0. The highest BCUT2D eigenvalue weighted by Crippen LogP contribution is 2.24. The van der Waals surface area contributed by atoms with Crippen LogP contribution in [0.1, 0.15) is 46.9 Å². The number of likely N-dealkylation sites (tertiary alicyclic amines) is 1. The van der Waals surface area contributed by atoms with Gasteiger partial charge in [-0.1, -0.05) is 36.8 Å². The Balaban J connectivity index is 1.72. The van der Waals surface area contributed by atoms with Crippen molar-refractivity contribution < 1.29 is 4.79 Å². The minimum Gasteiger partial charge on any atom is -0.350 e. The summed E-state index contributed by atoms with van der Waals surface area (Å²) in [5.41, 5.74) is 2.69. The number of piperidine rings is 1. The molecule has 126 valence electrons. The fourth-order valence-electron chi connectivity index (χ4n) is 3.37. The molecule has 1 fully saturated rings. The first kappa shape index (κ1) is 16.7. The van der Waals surface area contributed by atoms with Crippen LogP contribution in [0.4, 0.5) is 0 Å². The van der Waals surface area contributed by atoms with Crippen LogP contribution in [0.15, 0.2) is 48.7 Å². The lowest BCUT2D eigenvalue weighted by Crippen LogP contribution is -2.40. The number of carbonyl (C=O) groups excluding carboxylic acids is 1. The van der Waals surface area contributed by atoms with Gasteiger partial charge in [0.2, 0.25) is 0 Å². The highest BCUT2D eigenvalue weighted by atomic mass is 16.1. The molecule has 4 heteroatoms. The van der Waals surface area contributed by atoms with Crippen molar-refractivity contribution in [3.05, 3.63) is 65.5 Å². The maximum absolute atomic E-state index is 12.5. The third kappa shape index (κ3) is 4.01. The van der Waals surface area contributed by atoms with E-state index in [-0.39, 0.29) is 11.9 Å². The van der Waals surface area contributed by atoms with Gasteiger partial charge in [0.15, 0.2) is 0 Å². The first-order valence-electron chi connectivity index (χ1n) is 8.74. The van der Waals surface area contributed by atoms with Crippen molar-refractivity contribution in [1.29, 1.82) is 0 Å². The highest BCUT2D eigenvalue weighted by Gasteiger charge is 2.23. The second-order valence-electron chi connectivity index (χ2n) is 6.37. The molecule has 1 aliphatic rings. The molecule has 2 aromatic rings. The third-order valence-electron chi connectivity index (χ3n) is 4.72. The van der Waals surface area contributed by atoms with E-state index in [1.165, 1.54) is 24.8 Å². The molecule has 1 saturated heterocycles. The standard InChI is InChI=1S/C20H25N3O/c1-16-18(11-8-12-21-16)20(24)22-15-19(17-9-4-2-5-10-17)23-13-6-3-7-14-23/h2,4-5,8-12,19H,3,6-7,13-15H2,1H3,(H,22,24)/t19-/m1/s1. The summed E-state index contributed by atoms with van der Waals surface area (Å²) in [7, 11) is 0. The van der Waals surface area contributed by atoms with Crippen molar-refractivity contribution in [3.8, 4) is 0 Å². The molecule has 0 radical (unpaired) electrons. The Labute approximate surface area is 143 Å². The number of pyridine rings is 1. The molecule has 1 aromatic carbocycles. The molecule has 1 atom stereocenters. The summed E-state index contributed by atoms with van der Waals surface area (Å²) in [4.78, 5) is 19.2. The van der Waals surface area contributed by atoms with Crippen LogP contribution in [0, 0.1) is 6.92 Å². The zero-order valence-corrected chi connectivity index (χ0v) is 14.2. The van der Waals surface area contributed by atoms with Crippen LogP contribution in [-0.2, 0) is 0 Å². The van der Waals surface area contributed by atoms with E-state index in [9.17, 15) is 4.79 Å². The largest absolute Gasteiger partial charge is 0.350 e. The number of aryl methyl sites for hydroxylation is 1. The van der Waals surface area contributed by atoms with E-state index in [4.69, 9.17) is 0 Å². The van der Waals surface area contributed by atoms with Crippen LogP contribution in [0.5, 0.6) is 0 Å². The van der Waals surface area contributed by atoms with E-state index in [0.717, 1.165) is 18.8 Å². The van der Waals surface area contributed by atoms with Crippen LogP contribution in [0.2, 0.25) is 0 Å². The minimum absolute atomic E-state index is 0.0430. The SMILES string of the molecule is Cc1ncccc1C(=O)NC[C@H](c1ccccc1)N1CCCCC1. The van der Waals surface area contributed by atoms with Crippen LogP contribution in [0.25, 0.3) is 0 Å². The molecule has 24 heavy (non-hydrogen) atoms. The summed E-state index contributed by atoms with van der Waals surface area (Å²) in [6.07, 6.45) is 5.49. The molecule has 0 spiro atoms. The van der Waals surface area contributed by atoms with Gasteiger partial charge in [0.05, 0.1) is 11.6 Å². The second kappa shape index (κ2) is 8.06. The number of aromatic nitrogens is 1. The molecule has 2 heterocycles. The van der Waals surface area contributed by atoms with Crippen LogP contribution >= 0.6 is 0 Å². The first-order chi connectivity index (χ1) is 11.8. The maximum atomic E-state index is 12.5. The Morgan fingerprint density at radius 1 is 1.12 bits per heavy atom. The number of nitrogens with one attached hydrogen (secondary N) is 1. The van der Waals surface area contributed by atoms with Crippen molar-refractivity contribution in [2.75, 3.05) is 19.6 Å². The van der Waals surface area contributed by atoms with Crippen LogP contribution < -0.4 is 5.32 Å². The lowest BCUT2D eigenvalue weighted by atomic mass is 10.0. The molecule has 0 bridgehead atoms. The van der Waals surface area contributed by atoms with Crippen LogP contribution in [0.3, 0.4) is 0 Å². The Morgan fingerprint density at radius 2 is 1.88 bits per heavy atom. The van der Waals surface area contributed by atoms with Gasteiger partial charge in [0, 0.05) is 18.4 Å². The number of hydrogen-bond donors (Lipinski definition) is 1. The summed E-state index contributed by atoms with van der Waals surface area (Å²) in [5.74, 6) is -0.0430. The smallest absolute Gasteiger partial charge is 0.253 e. The van der Waals surface area contributed by atoms with Crippen LogP contribution in [-0.4, -0.2) is 35.4 Å². The van der Waals surface area contributed by atoms with Gasteiger partial charge < -0.3 is 5.32 Å². The molecule has 0 unspecified atom stereocenters. The summed E-state index contributed by atoms with van der Waals surface area (Å²) in [6.45, 7) is 4.69. The summed E-state index contributed by atoms with van der Waals surface area (Å²) in [6, 6.07) is 14.3. The van der Waals surface area contributed by atoms with E-state index in [1.54, 1.807) is 12.3 Å². The van der Waals surface area contributed by atoms with Gasteiger partial charge in [-0.15, -0.1) is 0 Å². The maximum Gasteiger partial charge on any atom is 0.253 e. The molecule has 4 nitrogen and oxygen atoms in total. The summed E-state index contributed by atoms with van der Waals surface area (Å²) in [5, 5.41) is 3.12. The molecule has 1 amide bonds. The number of hydrogen-bond acceptors (Lipinski definition) is 3. The molecule has 1 aliphatic heterocycles. The molecule has 0 aliphatic carbocycles. The predicted octanol–water partition coefficient (Wildman–Crippen LogP) is 3.35. The average molecular weight is 323 g/mol. The Morgan fingerprint density at radius 3 is 2.58 bits per heavy atom. The number of amides is 1. The van der Waals surface area contributed by atoms with Gasteiger partial charge in [0.1, 0.15) is 0 Å². The van der Waals surface area contributed by atoms with Crippen molar-refractivity contribution >= 4 is 5.91 Å². The normalized spacial score (nSPS) is 16.5. The van der Waals surface area contributed by atoms with Gasteiger partial charge in [-0.05, 0) is 50.6 Å². The van der Waals surface area contributed by atoms with Gasteiger partial charge in [-0.3, -0.25) is 14.7 Å². The van der Waals surface area contributed by atoms with Gasteiger partial charge in [-0.2, -0.15) is 0 Å². The third-order valence-corrected chi connectivity index (χ3v) is 4.72. The molecular weight excluding hydrogens is 298 g/mol. The first-order valence-corrected chi connectivity index (χ1v) is 8.74. The molecule has 1 N–H and O–H groups in total.